The number of benzene rings is 14. The van der Waals surface area contributed by atoms with Gasteiger partial charge in [0, 0.05) is 77.9 Å². The molecular weight excluding hydrogens is 1320 g/mol. The zero-order valence-corrected chi connectivity index (χ0v) is 65.7. The summed E-state index contributed by atoms with van der Waals surface area (Å²) in [5.41, 5.74) is 34.8. The Morgan fingerprint density at radius 2 is 0.615 bits per heavy atom. The number of aromatic nitrogens is 2. The van der Waals surface area contributed by atoms with Gasteiger partial charge in [0.25, 0.3) is 6.71 Å². The summed E-state index contributed by atoms with van der Waals surface area (Å²) in [5, 5.41) is 4.87. The topological polar surface area (TPSA) is 16.3 Å². The van der Waals surface area contributed by atoms with Crippen LogP contribution in [0.2, 0.25) is 0 Å². The molecule has 0 amide bonds. The van der Waals surface area contributed by atoms with Crippen molar-refractivity contribution in [1.29, 1.82) is 0 Å². The highest BCUT2D eigenvalue weighted by molar-refractivity contribution is 7.00. The second-order valence-corrected chi connectivity index (χ2v) is 35.8. The van der Waals surface area contributed by atoms with E-state index in [1.165, 1.54) is 132 Å². The summed E-state index contributed by atoms with van der Waals surface area (Å²) in [4.78, 5) is 5.51. The van der Waals surface area contributed by atoms with E-state index >= 15 is 0 Å². The molecule has 0 saturated carbocycles. The van der Waals surface area contributed by atoms with Gasteiger partial charge in [0.05, 0.1) is 33.4 Å². The summed E-state index contributed by atoms with van der Waals surface area (Å²) in [7, 11) is 0. The van der Waals surface area contributed by atoms with E-state index in [0.29, 0.717) is 0 Å². The smallest absolute Gasteiger partial charge is 0.252 e. The Labute approximate surface area is 644 Å². The van der Waals surface area contributed by atoms with Crippen molar-refractivity contribution in [3.05, 3.63) is 331 Å². The molecular formula is C104H95BN4. The highest BCUT2D eigenvalue weighted by atomic mass is 15.2. The quantitative estimate of drug-likeness (QED) is 0.134. The molecule has 4 heterocycles. The molecule has 0 spiro atoms. The van der Waals surface area contributed by atoms with Crippen LogP contribution in [0, 0.1) is 0 Å². The van der Waals surface area contributed by atoms with Gasteiger partial charge >= 0.3 is 0 Å². The van der Waals surface area contributed by atoms with E-state index in [2.05, 4.69) is 426 Å². The van der Waals surface area contributed by atoms with Gasteiger partial charge in [-0.05, 0) is 190 Å². The summed E-state index contributed by atoms with van der Waals surface area (Å²) in [6.07, 6.45) is 0. The highest BCUT2D eigenvalue weighted by Gasteiger charge is 2.47. The molecule has 0 atom stereocenters. The van der Waals surface area contributed by atoms with Gasteiger partial charge in [0.2, 0.25) is 0 Å². The molecule has 14 aromatic carbocycles. The number of nitrogens with zero attached hydrogens (tertiary/aromatic N) is 4. The molecule has 0 radical (unpaired) electrons. The summed E-state index contributed by atoms with van der Waals surface area (Å²) in [5.74, 6) is 0. The number of hydrogen-bond donors (Lipinski definition) is 0. The average Bonchev–Trinajstić information content (AvgIpc) is 1.21. The molecule has 4 nitrogen and oxygen atoms in total. The van der Waals surface area contributed by atoms with E-state index in [-0.39, 0.29) is 33.8 Å². The highest BCUT2D eigenvalue weighted by Crippen LogP contribution is 2.56. The molecule has 0 N–H and O–H groups in total. The van der Waals surface area contributed by atoms with Gasteiger partial charge in [-0.3, -0.25) is 0 Å². The fourth-order valence-electron chi connectivity index (χ4n) is 17.5. The number of para-hydroxylation sites is 3. The number of anilines is 6. The van der Waals surface area contributed by atoms with Gasteiger partial charge in [-0.15, -0.1) is 0 Å². The maximum atomic E-state index is 2.76. The summed E-state index contributed by atoms with van der Waals surface area (Å²) >= 11 is 0. The molecule has 0 saturated heterocycles. The molecule has 2 aromatic heterocycles. The Morgan fingerprint density at radius 1 is 0.239 bits per heavy atom. The molecule has 16 aromatic rings. The van der Waals surface area contributed by atoms with Crippen LogP contribution in [0.15, 0.2) is 303 Å². The second kappa shape index (κ2) is 25.5. The van der Waals surface area contributed by atoms with Crippen molar-refractivity contribution in [2.45, 2.75) is 131 Å². The van der Waals surface area contributed by atoms with Crippen molar-refractivity contribution < 1.29 is 0 Å². The van der Waals surface area contributed by atoms with E-state index in [0.717, 1.165) is 56.5 Å². The Morgan fingerprint density at radius 3 is 1.06 bits per heavy atom. The molecule has 0 aliphatic carbocycles. The largest absolute Gasteiger partial charge is 0.310 e. The molecule has 0 bridgehead atoms. The summed E-state index contributed by atoms with van der Waals surface area (Å²) in [6.45, 7) is 35.3. The van der Waals surface area contributed by atoms with Crippen molar-refractivity contribution in [3.63, 3.8) is 0 Å². The van der Waals surface area contributed by atoms with Crippen LogP contribution in [0.3, 0.4) is 0 Å². The van der Waals surface area contributed by atoms with Crippen LogP contribution in [0.5, 0.6) is 0 Å². The maximum Gasteiger partial charge on any atom is 0.252 e. The Balaban J connectivity index is 1.04. The zero-order valence-electron chi connectivity index (χ0n) is 65.7. The van der Waals surface area contributed by atoms with Crippen LogP contribution < -0.4 is 26.2 Å². The van der Waals surface area contributed by atoms with Crippen LogP contribution >= 0.6 is 0 Å². The monoisotopic (exact) mass is 1410 g/mol. The lowest BCUT2D eigenvalue weighted by atomic mass is 9.33. The molecule has 0 fully saturated rings. The third-order valence-corrected chi connectivity index (χ3v) is 23.4. The van der Waals surface area contributed by atoms with Crippen molar-refractivity contribution in [1.82, 2.24) is 9.13 Å². The molecule has 2 aliphatic rings. The average molecular weight is 1410 g/mol. The van der Waals surface area contributed by atoms with E-state index in [1.807, 2.05) is 0 Å². The maximum absolute atomic E-state index is 2.76. The van der Waals surface area contributed by atoms with Gasteiger partial charge in [-0.2, -0.15) is 0 Å². The molecule has 2 aliphatic heterocycles. The Bertz CT molecular complexity index is 6130. The lowest BCUT2D eigenvalue weighted by Gasteiger charge is -2.47. The Hall–Kier alpha value is -11.7. The first-order valence-electron chi connectivity index (χ1n) is 39.1. The number of hydrogen-bond acceptors (Lipinski definition) is 2. The van der Waals surface area contributed by atoms with Gasteiger partial charge in [0.15, 0.2) is 0 Å². The van der Waals surface area contributed by atoms with Crippen molar-refractivity contribution in [2.75, 3.05) is 9.80 Å². The first-order valence-corrected chi connectivity index (χ1v) is 39.1. The minimum Gasteiger partial charge on any atom is -0.310 e. The molecule has 534 valence electrons. The fraction of sp³-hybridized carbons (Fsp3) is 0.192. The molecule has 5 heteroatoms. The second-order valence-electron chi connectivity index (χ2n) is 35.8. The predicted octanol–water partition coefficient (Wildman–Crippen LogP) is 26.8. The summed E-state index contributed by atoms with van der Waals surface area (Å²) < 4.78 is 5.07. The predicted molar refractivity (Wildman–Crippen MR) is 470 cm³/mol. The lowest BCUT2D eigenvalue weighted by Crippen LogP contribution is -2.61. The molecule has 109 heavy (non-hydrogen) atoms. The van der Waals surface area contributed by atoms with Gasteiger partial charge in [0.1, 0.15) is 0 Å². The van der Waals surface area contributed by atoms with Gasteiger partial charge < -0.3 is 18.9 Å². The normalized spacial score (nSPS) is 13.2. The number of fused-ring (bicyclic) bond motifs is 11. The third kappa shape index (κ3) is 11.6. The van der Waals surface area contributed by atoms with Crippen molar-refractivity contribution in [3.8, 4) is 67.0 Å². The Kier molecular flexibility index (Phi) is 16.2. The minimum atomic E-state index is -0.339. The zero-order chi connectivity index (χ0) is 75.4. The SMILES string of the molecule is CC(C)(C)c1cc(-c2ccc3c(c2)N(c2c(-c4ccccc4)cc(C(C)(C)C)cc2-c2ccccc2)c2cc(C(C)(C)C)cc4c2B3c2ccc(-n3c5ccccc5c5ccc6c(c7ccccc7n6-c6ccccc6)c53)cc2N4c2c(-c3ccccc3)cc(C(C)(C)C)cc2-c2ccccc2)cc(C(C)(C)C)c1. The van der Waals surface area contributed by atoms with Crippen molar-refractivity contribution in [2.24, 2.45) is 0 Å². The van der Waals surface area contributed by atoms with E-state index in [4.69, 9.17) is 0 Å². The lowest BCUT2D eigenvalue weighted by molar-refractivity contribution is 0.569. The first kappa shape index (κ1) is 69.1. The summed E-state index contributed by atoms with van der Waals surface area (Å²) in [6, 6.07) is 117. The van der Waals surface area contributed by atoms with Crippen LogP contribution in [-0.2, 0) is 27.1 Å². The standard InChI is InChI=1S/C104H95BN4/c1-100(2,3)72-55-71(56-73(58-72)101(4,5)6)70-49-52-86-91(57-70)108(97-82(66-35-21-16-22-36-66)59-74(102(7,8)9)60-83(97)67-37-23-17-24-38-67)93-63-76(104(13,14)15)64-94-96(93)105(86)87-53-50-78(65-92(87)109(94)98-84(68-39-25-18-26-40-68)61-75(103(10,11)12)62-85(98)69-41-27-19-28-42-69)107-88-47-33-31-45-79(88)80-51-54-90-95(99(80)107)81-46-32-34-48-89(81)106(90)77-43-29-20-30-44-77/h16-65H,1-15H3. The molecule has 18 rings (SSSR count). The molecule has 0 unspecified atom stereocenters. The van der Waals surface area contributed by atoms with Crippen LogP contribution in [-0.4, -0.2) is 15.8 Å². The van der Waals surface area contributed by atoms with Crippen LogP contribution in [0.25, 0.3) is 111 Å². The van der Waals surface area contributed by atoms with E-state index in [1.54, 1.807) is 0 Å². The van der Waals surface area contributed by atoms with E-state index < -0.39 is 0 Å². The van der Waals surface area contributed by atoms with Crippen molar-refractivity contribution >= 4 is 101 Å². The van der Waals surface area contributed by atoms with Crippen LogP contribution in [0.1, 0.15) is 132 Å². The first-order chi connectivity index (χ1) is 52.3. The van der Waals surface area contributed by atoms with Crippen LogP contribution in [0.4, 0.5) is 34.1 Å². The van der Waals surface area contributed by atoms with E-state index in [9.17, 15) is 0 Å². The fourth-order valence-corrected chi connectivity index (χ4v) is 17.5. The number of rotatable bonds is 9. The van der Waals surface area contributed by atoms with Gasteiger partial charge in [-0.1, -0.05) is 322 Å². The minimum absolute atomic E-state index is 0.102. The van der Waals surface area contributed by atoms with Gasteiger partial charge in [-0.25, -0.2) is 0 Å². The third-order valence-electron chi connectivity index (χ3n) is 23.4.